The van der Waals surface area contributed by atoms with Gasteiger partial charge in [-0.25, -0.2) is 0 Å². The minimum absolute atomic E-state index is 0.0568. The zero-order valence-corrected chi connectivity index (χ0v) is 11.3. The van der Waals surface area contributed by atoms with E-state index in [4.69, 9.17) is 0 Å². The standard InChI is InChI=1S/C16H18N2O2/c19-15-8-5-12-10-13(6-7-14(12)18-15)17-16(20)9-11-3-1-2-4-11/h1,3,6-7,10-11H,2,4-5,8-9H2,(H,17,20)(H,18,19)/t11-/m1/s1. The number of hydrogen-bond acceptors (Lipinski definition) is 2. The van der Waals surface area contributed by atoms with Crippen molar-refractivity contribution in [3.05, 3.63) is 35.9 Å². The Morgan fingerprint density at radius 3 is 3.05 bits per heavy atom. The molecule has 2 N–H and O–H groups in total. The van der Waals surface area contributed by atoms with E-state index in [2.05, 4.69) is 22.8 Å². The van der Waals surface area contributed by atoms with Crippen molar-refractivity contribution in [2.75, 3.05) is 10.6 Å². The van der Waals surface area contributed by atoms with E-state index < -0.39 is 0 Å². The van der Waals surface area contributed by atoms with Gasteiger partial charge in [0, 0.05) is 24.2 Å². The second kappa shape index (κ2) is 5.49. The Labute approximate surface area is 118 Å². The summed E-state index contributed by atoms with van der Waals surface area (Å²) in [6.07, 6.45) is 8.21. The Balaban J connectivity index is 1.64. The van der Waals surface area contributed by atoms with Crippen molar-refractivity contribution in [1.82, 2.24) is 0 Å². The van der Waals surface area contributed by atoms with Crippen LogP contribution in [0.1, 0.15) is 31.2 Å². The topological polar surface area (TPSA) is 58.2 Å². The van der Waals surface area contributed by atoms with E-state index >= 15 is 0 Å². The number of benzene rings is 1. The number of anilines is 2. The molecule has 0 spiro atoms. The van der Waals surface area contributed by atoms with E-state index in [1.54, 1.807) is 0 Å². The monoisotopic (exact) mass is 270 g/mol. The molecule has 0 radical (unpaired) electrons. The van der Waals surface area contributed by atoms with Crippen LogP contribution in [0.15, 0.2) is 30.4 Å². The van der Waals surface area contributed by atoms with Gasteiger partial charge in [0.2, 0.25) is 11.8 Å². The molecule has 1 aromatic rings. The third-order valence-electron chi connectivity index (χ3n) is 3.84. The number of fused-ring (bicyclic) bond motifs is 1. The average Bonchev–Trinajstić information content (AvgIpc) is 2.91. The van der Waals surface area contributed by atoms with Crippen LogP contribution < -0.4 is 10.6 Å². The zero-order valence-electron chi connectivity index (χ0n) is 11.3. The molecule has 1 aromatic carbocycles. The maximum Gasteiger partial charge on any atom is 0.224 e. The lowest BCUT2D eigenvalue weighted by molar-refractivity contribution is -0.117. The molecule has 4 heteroatoms. The molecule has 4 nitrogen and oxygen atoms in total. The molecule has 20 heavy (non-hydrogen) atoms. The molecule has 0 aromatic heterocycles. The van der Waals surface area contributed by atoms with Gasteiger partial charge in [-0.2, -0.15) is 0 Å². The summed E-state index contributed by atoms with van der Waals surface area (Å²) in [5.74, 6) is 0.496. The Morgan fingerprint density at radius 1 is 1.35 bits per heavy atom. The van der Waals surface area contributed by atoms with Crippen LogP contribution >= 0.6 is 0 Å². The highest BCUT2D eigenvalue weighted by Crippen LogP contribution is 2.26. The summed E-state index contributed by atoms with van der Waals surface area (Å²) in [5.41, 5.74) is 2.76. The lowest BCUT2D eigenvalue weighted by Crippen LogP contribution is -2.19. The number of allylic oxidation sites excluding steroid dienone is 2. The number of aryl methyl sites for hydroxylation is 1. The number of hydrogen-bond donors (Lipinski definition) is 2. The third kappa shape index (κ3) is 2.90. The largest absolute Gasteiger partial charge is 0.326 e. The summed E-state index contributed by atoms with van der Waals surface area (Å²) in [6, 6.07) is 5.65. The first-order valence-corrected chi connectivity index (χ1v) is 7.10. The van der Waals surface area contributed by atoms with Gasteiger partial charge in [-0.3, -0.25) is 9.59 Å². The van der Waals surface area contributed by atoms with E-state index in [1.807, 2.05) is 18.2 Å². The summed E-state index contributed by atoms with van der Waals surface area (Å²) < 4.78 is 0. The molecule has 2 aliphatic rings. The lowest BCUT2D eigenvalue weighted by Gasteiger charge is -2.18. The summed E-state index contributed by atoms with van der Waals surface area (Å²) >= 11 is 0. The van der Waals surface area contributed by atoms with Crippen LogP contribution in [-0.2, 0) is 16.0 Å². The van der Waals surface area contributed by atoms with Crippen molar-refractivity contribution >= 4 is 23.2 Å². The minimum atomic E-state index is 0.0568. The Bertz CT molecular complexity index is 578. The van der Waals surface area contributed by atoms with Crippen molar-refractivity contribution in [3.63, 3.8) is 0 Å². The fourth-order valence-electron chi connectivity index (χ4n) is 2.78. The SMILES string of the molecule is O=C(C[C@@H]1C=CCC1)Nc1ccc2c(c1)CCC(=O)N2. The highest BCUT2D eigenvalue weighted by atomic mass is 16.2. The molecule has 0 fully saturated rings. The van der Waals surface area contributed by atoms with Gasteiger partial charge in [0.25, 0.3) is 0 Å². The first-order valence-electron chi connectivity index (χ1n) is 7.10. The van der Waals surface area contributed by atoms with Crippen LogP contribution in [-0.4, -0.2) is 11.8 Å². The van der Waals surface area contributed by atoms with Crippen LogP contribution in [0, 0.1) is 5.92 Å². The molecule has 0 saturated heterocycles. The second-order valence-corrected chi connectivity index (χ2v) is 5.44. The van der Waals surface area contributed by atoms with Gasteiger partial charge in [-0.1, -0.05) is 12.2 Å². The summed E-state index contributed by atoms with van der Waals surface area (Å²) in [7, 11) is 0. The third-order valence-corrected chi connectivity index (χ3v) is 3.84. The number of carbonyl (C=O) groups is 2. The van der Waals surface area contributed by atoms with Crippen molar-refractivity contribution in [2.24, 2.45) is 5.92 Å². The van der Waals surface area contributed by atoms with Crippen molar-refractivity contribution in [2.45, 2.75) is 32.1 Å². The van der Waals surface area contributed by atoms with Gasteiger partial charge in [-0.05, 0) is 48.9 Å². The molecule has 0 bridgehead atoms. The van der Waals surface area contributed by atoms with E-state index in [1.165, 1.54) is 0 Å². The predicted octanol–water partition coefficient (Wildman–Crippen LogP) is 2.87. The molecular weight excluding hydrogens is 252 g/mol. The minimum Gasteiger partial charge on any atom is -0.326 e. The van der Waals surface area contributed by atoms with E-state index in [-0.39, 0.29) is 11.8 Å². The van der Waals surface area contributed by atoms with Gasteiger partial charge in [0.1, 0.15) is 0 Å². The van der Waals surface area contributed by atoms with Crippen molar-refractivity contribution < 1.29 is 9.59 Å². The fourth-order valence-corrected chi connectivity index (χ4v) is 2.78. The van der Waals surface area contributed by atoms with Crippen LogP contribution in [0.25, 0.3) is 0 Å². The molecule has 2 amide bonds. The van der Waals surface area contributed by atoms with Gasteiger partial charge in [0.15, 0.2) is 0 Å². The van der Waals surface area contributed by atoms with Crippen LogP contribution in [0.5, 0.6) is 0 Å². The molecule has 104 valence electrons. The highest BCUT2D eigenvalue weighted by molar-refractivity contribution is 5.95. The zero-order chi connectivity index (χ0) is 13.9. The maximum absolute atomic E-state index is 12.0. The predicted molar refractivity (Wildman–Crippen MR) is 78.5 cm³/mol. The Kier molecular flexibility index (Phi) is 3.54. The Hall–Kier alpha value is -2.10. The van der Waals surface area contributed by atoms with E-state index in [0.717, 1.165) is 36.2 Å². The fraction of sp³-hybridized carbons (Fsp3) is 0.375. The number of carbonyl (C=O) groups excluding carboxylic acids is 2. The van der Waals surface area contributed by atoms with Crippen molar-refractivity contribution in [1.29, 1.82) is 0 Å². The molecular formula is C16H18N2O2. The van der Waals surface area contributed by atoms with E-state index in [0.29, 0.717) is 18.8 Å². The Morgan fingerprint density at radius 2 is 2.25 bits per heavy atom. The van der Waals surface area contributed by atoms with Crippen LogP contribution in [0.4, 0.5) is 11.4 Å². The smallest absolute Gasteiger partial charge is 0.224 e. The van der Waals surface area contributed by atoms with Crippen LogP contribution in [0.2, 0.25) is 0 Å². The van der Waals surface area contributed by atoms with Gasteiger partial charge in [0.05, 0.1) is 0 Å². The number of rotatable bonds is 3. The van der Waals surface area contributed by atoms with Gasteiger partial charge < -0.3 is 10.6 Å². The normalized spacial score (nSPS) is 20.4. The molecule has 1 heterocycles. The average molecular weight is 270 g/mol. The summed E-state index contributed by atoms with van der Waals surface area (Å²) in [6.45, 7) is 0. The molecule has 0 saturated carbocycles. The first kappa shape index (κ1) is 12.9. The number of nitrogens with one attached hydrogen (secondary N) is 2. The maximum atomic E-state index is 12.0. The number of amides is 2. The van der Waals surface area contributed by atoms with Crippen molar-refractivity contribution in [3.8, 4) is 0 Å². The molecule has 0 unspecified atom stereocenters. The first-order chi connectivity index (χ1) is 9.70. The quantitative estimate of drug-likeness (QED) is 0.830. The summed E-state index contributed by atoms with van der Waals surface area (Å²) in [4.78, 5) is 23.3. The highest BCUT2D eigenvalue weighted by Gasteiger charge is 2.17. The van der Waals surface area contributed by atoms with Gasteiger partial charge in [-0.15, -0.1) is 0 Å². The molecule has 3 rings (SSSR count). The molecule has 1 aliphatic carbocycles. The molecule has 1 aliphatic heterocycles. The second-order valence-electron chi connectivity index (χ2n) is 5.44. The van der Waals surface area contributed by atoms with E-state index in [9.17, 15) is 9.59 Å². The molecule has 1 atom stereocenters. The lowest BCUT2D eigenvalue weighted by atomic mass is 10.0. The summed E-state index contributed by atoms with van der Waals surface area (Å²) in [5, 5.41) is 5.78. The van der Waals surface area contributed by atoms with Gasteiger partial charge >= 0.3 is 0 Å². The van der Waals surface area contributed by atoms with Crippen LogP contribution in [0.3, 0.4) is 0 Å².